The van der Waals surface area contributed by atoms with Gasteiger partial charge in [0.25, 0.3) is 5.56 Å². The Balaban J connectivity index is 1.40. The first kappa shape index (κ1) is 47.6. The van der Waals surface area contributed by atoms with Gasteiger partial charge in [-0.2, -0.15) is 10.4 Å². The molecule has 0 aromatic carbocycles. The van der Waals surface area contributed by atoms with Gasteiger partial charge >= 0.3 is 15.0 Å². The summed E-state index contributed by atoms with van der Waals surface area (Å²) in [7, 11) is -8.48. The van der Waals surface area contributed by atoms with Crippen LogP contribution < -0.4 is 5.56 Å². The highest BCUT2D eigenvalue weighted by Gasteiger charge is 2.57. The van der Waals surface area contributed by atoms with E-state index in [1.165, 1.54) is 25.2 Å². The van der Waals surface area contributed by atoms with Gasteiger partial charge in [0.15, 0.2) is 46.4 Å². The minimum absolute atomic E-state index is 0.0732. The van der Waals surface area contributed by atoms with Crippen molar-refractivity contribution in [3.05, 3.63) is 41.7 Å². The first-order valence-electron chi connectivity index (χ1n) is 19.6. The molecular formula is C35H54N9O12P2SSi2+. The monoisotopic (exact) mass is 942 g/mol. The third-order valence-corrected chi connectivity index (χ3v) is 23.5. The SMILES string of the molecule is CC(C)(C)[Si](C)(C)O[C@@H]1[C@H](O[P+](=O)O)[C@@H](COP(=S)(OCCC#N)O[C@H]2C(n3cnc4c(=O)[nH]ncc43)O[C@H](CO)[C@H]2O[Si](C)(C)C(C)(C)C)O[C@H]1n1cnc2cncnc21. The number of hydrogen-bond acceptors (Lipinski definition) is 18. The molecule has 4 aromatic rings. The van der Waals surface area contributed by atoms with Crippen molar-refractivity contribution >= 4 is 65.6 Å². The second-order valence-corrected chi connectivity index (χ2v) is 31.0. The van der Waals surface area contributed by atoms with Crippen LogP contribution in [0.5, 0.6) is 0 Å². The highest BCUT2D eigenvalue weighted by molar-refractivity contribution is 8.07. The van der Waals surface area contributed by atoms with Gasteiger partial charge in [-0.05, 0) is 48.1 Å². The summed E-state index contributed by atoms with van der Waals surface area (Å²) in [5.74, 6) is 0. The van der Waals surface area contributed by atoms with Gasteiger partial charge in [0, 0.05) is 4.57 Å². The van der Waals surface area contributed by atoms with Gasteiger partial charge in [-0.1, -0.05) is 41.5 Å². The summed E-state index contributed by atoms with van der Waals surface area (Å²) in [5, 5.41) is 26.0. The third-order valence-electron chi connectivity index (χ3n) is 11.7. The number of H-pyrrole nitrogens is 1. The molecule has 0 radical (unpaired) electrons. The fourth-order valence-corrected chi connectivity index (χ4v) is 11.6. The largest absolute Gasteiger partial charge is 0.695 e. The molecule has 0 saturated carbocycles. The highest BCUT2D eigenvalue weighted by Crippen LogP contribution is 2.56. The molecule has 26 heteroatoms. The summed E-state index contributed by atoms with van der Waals surface area (Å²) >= 11 is 6.11. The van der Waals surface area contributed by atoms with E-state index in [1.807, 2.05) is 32.3 Å². The molecule has 2 saturated heterocycles. The van der Waals surface area contributed by atoms with E-state index in [1.54, 1.807) is 15.3 Å². The minimum Gasteiger partial charge on any atom is -0.408 e. The summed E-state index contributed by atoms with van der Waals surface area (Å²) < 4.78 is 67.7. The van der Waals surface area contributed by atoms with Crippen LogP contribution in [0.25, 0.3) is 22.2 Å². The van der Waals surface area contributed by atoms with Crippen LogP contribution in [-0.2, 0) is 52.8 Å². The minimum atomic E-state index is -4.01. The molecule has 0 aliphatic carbocycles. The van der Waals surface area contributed by atoms with Gasteiger partial charge in [-0.3, -0.25) is 18.5 Å². The zero-order valence-electron chi connectivity index (χ0n) is 35.7. The summed E-state index contributed by atoms with van der Waals surface area (Å²) in [6, 6.07) is 2.03. The maximum Gasteiger partial charge on any atom is 0.695 e. The molecule has 0 bridgehead atoms. The molecule has 2 aliphatic heterocycles. The number of ether oxygens (including phenoxy) is 2. The van der Waals surface area contributed by atoms with E-state index in [9.17, 15) is 24.6 Å². The van der Waals surface area contributed by atoms with Gasteiger partial charge in [0.1, 0.15) is 42.4 Å². The smallest absolute Gasteiger partial charge is 0.408 e. The van der Waals surface area contributed by atoms with Crippen molar-refractivity contribution in [2.24, 2.45) is 0 Å². The number of rotatable bonds is 17. The van der Waals surface area contributed by atoms with Crippen molar-refractivity contribution in [2.75, 3.05) is 19.8 Å². The second-order valence-electron chi connectivity index (χ2n) is 17.8. The molecular weight excluding hydrogens is 889 g/mol. The average molecular weight is 943 g/mol. The van der Waals surface area contributed by atoms with Crippen LogP contribution in [0.1, 0.15) is 60.4 Å². The number of imidazole rings is 2. The van der Waals surface area contributed by atoms with Crippen molar-refractivity contribution in [1.82, 2.24) is 39.3 Å². The number of aliphatic hydroxyl groups excluding tert-OH is 1. The lowest BCUT2D eigenvalue weighted by molar-refractivity contribution is -0.0574. The molecule has 2 aliphatic rings. The molecule has 334 valence electrons. The molecule has 3 unspecified atom stereocenters. The molecule has 61 heavy (non-hydrogen) atoms. The average Bonchev–Trinajstić information content (AvgIpc) is 3.94. The molecule has 21 nitrogen and oxygen atoms in total. The molecule has 6 heterocycles. The quantitative estimate of drug-likeness (QED) is 0.0705. The van der Waals surface area contributed by atoms with Gasteiger partial charge in [0.2, 0.25) is 0 Å². The number of nitrogens with zero attached hydrogens (tertiary/aromatic N) is 8. The van der Waals surface area contributed by atoms with Crippen molar-refractivity contribution in [2.45, 2.75) is 133 Å². The second kappa shape index (κ2) is 18.3. The van der Waals surface area contributed by atoms with Crippen LogP contribution >= 0.6 is 15.0 Å². The number of nitriles is 1. The maximum atomic E-state index is 12.7. The van der Waals surface area contributed by atoms with Crippen LogP contribution in [0.4, 0.5) is 0 Å². The van der Waals surface area contributed by atoms with Crippen LogP contribution in [0.2, 0.25) is 36.3 Å². The molecule has 10 atom stereocenters. The van der Waals surface area contributed by atoms with E-state index in [-0.39, 0.29) is 28.6 Å². The molecule has 0 amide bonds. The third kappa shape index (κ3) is 10.1. The Hall–Kier alpha value is -2.83. The fraction of sp³-hybridized carbons (Fsp3) is 0.686. The predicted octanol–water partition coefficient (Wildman–Crippen LogP) is 5.12. The van der Waals surface area contributed by atoms with Gasteiger partial charge in [-0.25, -0.2) is 25.0 Å². The van der Waals surface area contributed by atoms with E-state index in [0.717, 1.165) is 0 Å². The van der Waals surface area contributed by atoms with Crippen LogP contribution in [0.3, 0.4) is 0 Å². The van der Waals surface area contributed by atoms with E-state index < -0.39 is 99.5 Å². The first-order valence-corrected chi connectivity index (χ1v) is 29.1. The van der Waals surface area contributed by atoms with E-state index in [2.05, 4.69) is 71.7 Å². The summed E-state index contributed by atoms with van der Waals surface area (Å²) in [4.78, 5) is 40.1. The lowest BCUT2D eigenvalue weighted by Crippen LogP contribution is -2.50. The Labute approximate surface area is 360 Å². The number of aromatic amines is 1. The zero-order chi connectivity index (χ0) is 44.7. The van der Waals surface area contributed by atoms with E-state index in [4.69, 9.17) is 48.2 Å². The predicted molar refractivity (Wildman–Crippen MR) is 229 cm³/mol. The van der Waals surface area contributed by atoms with Crippen molar-refractivity contribution in [1.29, 1.82) is 5.26 Å². The van der Waals surface area contributed by atoms with Crippen LogP contribution in [0, 0.1) is 11.3 Å². The summed E-state index contributed by atoms with van der Waals surface area (Å²) in [6.07, 6.45) is -1.26. The lowest BCUT2D eigenvalue weighted by Gasteiger charge is -2.41. The summed E-state index contributed by atoms with van der Waals surface area (Å²) in [5.41, 5.74) is 0.762. The van der Waals surface area contributed by atoms with E-state index >= 15 is 0 Å². The van der Waals surface area contributed by atoms with Crippen molar-refractivity contribution in [3.63, 3.8) is 0 Å². The molecule has 6 rings (SSSR count). The highest BCUT2D eigenvalue weighted by atomic mass is 32.5. The number of fused-ring (bicyclic) bond motifs is 2. The van der Waals surface area contributed by atoms with Crippen LogP contribution in [0.15, 0.2) is 36.2 Å². The van der Waals surface area contributed by atoms with Gasteiger partial charge in [0.05, 0.1) is 62.9 Å². The summed E-state index contributed by atoms with van der Waals surface area (Å²) in [6.45, 7) is 15.4. The maximum absolute atomic E-state index is 12.7. The Morgan fingerprint density at radius 1 is 0.934 bits per heavy atom. The van der Waals surface area contributed by atoms with Crippen molar-refractivity contribution in [3.8, 4) is 6.07 Å². The van der Waals surface area contributed by atoms with Crippen molar-refractivity contribution < 1.29 is 51.0 Å². The molecule has 4 aromatic heterocycles. The number of hydrogen-bond donors (Lipinski definition) is 3. The Bertz CT molecular complexity index is 2350. The zero-order valence-corrected chi connectivity index (χ0v) is 40.3. The lowest BCUT2D eigenvalue weighted by atomic mass is 10.1. The molecule has 2 fully saturated rings. The van der Waals surface area contributed by atoms with E-state index in [0.29, 0.717) is 16.7 Å². The first-order chi connectivity index (χ1) is 28.5. The Kier molecular flexibility index (Phi) is 14.3. The number of aromatic nitrogens is 8. The number of nitrogens with one attached hydrogen (secondary N) is 1. The number of aliphatic hydroxyl groups is 1. The molecule has 3 N–H and O–H groups in total. The fourth-order valence-electron chi connectivity index (χ4n) is 6.46. The van der Waals surface area contributed by atoms with Crippen LogP contribution in [-0.4, -0.2) is 122 Å². The molecule has 0 spiro atoms. The Morgan fingerprint density at radius 2 is 1.57 bits per heavy atom. The van der Waals surface area contributed by atoms with Gasteiger partial charge in [-0.15, -0.1) is 9.42 Å². The Morgan fingerprint density at radius 3 is 2.21 bits per heavy atom. The standard InChI is InChI=1S/C35H53N9O12P2SSi2/c1-34(2,3)60(7,8)55-27-23(16-45)51-32(43-20-40-25-22(43)15-41-42-31(25)46)28(27)54-58(59,49-13-11-12-36)50-17-24-26(53-57(47)48)29(56-61(9,10)35(4,5)6)33(52-24)44-19-39-21-14-37-18-38-30(21)44/h14-15,18-20,23-24,26-29,32-33,45H,11,13,16-17H2,1-10H3,(H-,42,46,47,48)/p+1/t23-,24-,26-,27-,28-,29-,32?,33-,58?/m1/s1. The topological polar surface area (TPSA) is 262 Å². The normalized spacial score (nSPS) is 26.5. The van der Waals surface area contributed by atoms with Gasteiger partial charge < -0.3 is 32.5 Å².